The highest BCUT2D eigenvalue weighted by molar-refractivity contribution is 5.88. The van der Waals surface area contributed by atoms with Gasteiger partial charge in [-0.05, 0) is 23.6 Å². The molecule has 4 rings (SSSR count). The summed E-state index contributed by atoms with van der Waals surface area (Å²) in [5.41, 5.74) is 0.965. The van der Waals surface area contributed by atoms with E-state index in [9.17, 15) is 5.11 Å². The van der Waals surface area contributed by atoms with Crippen LogP contribution in [0.5, 0.6) is 5.75 Å². The predicted octanol–water partition coefficient (Wildman–Crippen LogP) is 3.54. The van der Waals surface area contributed by atoms with Crippen molar-refractivity contribution >= 4 is 10.8 Å². The molecule has 0 spiro atoms. The van der Waals surface area contributed by atoms with Crippen molar-refractivity contribution in [1.82, 2.24) is 14.5 Å². The van der Waals surface area contributed by atoms with E-state index in [1.807, 2.05) is 65.4 Å². The van der Waals surface area contributed by atoms with Crippen LogP contribution in [0.2, 0.25) is 0 Å². The number of fused-ring (bicyclic) bond motifs is 1. The molecule has 130 valence electrons. The lowest BCUT2D eigenvalue weighted by Gasteiger charge is -2.16. The van der Waals surface area contributed by atoms with Gasteiger partial charge in [0.05, 0.1) is 6.54 Å². The van der Waals surface area contributed by atoms with Crippen molar-refractivity contribution in [3.63, 3.8) is 0 Å². The fourth-order valence-electron chi connectivity index (χ4n) is 3.01. The highest BCUT2D eigenvalue weighted by Gasteiger charge is 2.12. The normalized spacial score (nSPS) is 12.2. The van der Waals surface area contributed by atoms with Crippen LogP contribution in [0, 0.1) is 0 Å². The largest absolute Gasteiger partial charge is 0.490 e. The Morgan fingerprint density at radius 3 is 2.65 bits per heavy atom. The minimum atomic E-state index is -0.649. The maximum Gasteiger partial charge on any atom is 0.140 e. The van der Waals surface area contributed by atoms with Crippen molar-refractivity contribution in [1.29, 1.82) is 0 Å². The number of rotatable bonds is 6. The number of aliphatic hydroxyl groups excluding tert-OH is 1. The van der Waals surface area contributed by atoms with E-state index < -0.39 is 6.10 Å². The van der Waals surface area contributed by atoms with Crippen molar-refractivity contribution < 1.29 is 9.84 Å². The van der Waals surface area contributed by atoms with Gasteiger partial charge >= 0.3 is 0 Å². The van der Waals surface area contributed by atoms with Crippen molar-refractivity contribution in [2.45, 2.75) is 12.6 Å². The van der Waals surface area contributed by atoms with E-state index >= 15 is 0 Å². The van der Waals surface area contributed by atoms with Crippen molar-refractivity contribution in [3.05, 3.63) is 79.4 Å². The number of benzene rings is 2. The Labute approximate surface area is 151 Å². The molecule has 0 fully saturated rings. The summed E-state index contributed by atoms with van der Waals surface area (Å²) in [7, 11) is 0. The molecule has 2 aromatic carbocycles. The molecule has 0 aliphatic carbocycles. The Balaban J connectivity index is 1.45. The molecule has 0 aliphatic rings. The summed E-state index contributed by atoms with van der Waals surface area (Å²) >= 11 is 0. The molecule has 1 atom stereocenters. The molecule has 0 amide bonds. The van der Waals surface area contributed by atoms with Gasteiger partial charge in [0.25, 0.3) is 0 Å². The van der Waals surface area contributed by atoms with Crippen molar-refractivity contribution in [3.8, 4) is 17.1 Å². The third-order valence-electron chi connectivity index (χ3n) is 4.24. The summed E-state index contributed by atoms with van der Waals surface area (Å²) in [5, 5.41) is 12.6. The van der Waals surface area contributed by atoms with Crippen LogP contribution in [-0.2, 0) is 6.54 Å². The lowest BCUT2D eigenvalue weighted by Crippen LogP contribution is -2.23. The highest BCUT2D eigenvalue weighted by atomic mass is 16.5. The summed E-state index contributed by atoms with van der Waals surface area (Å²) in [5.74, 6) is 1.58. The Bertz CT molecular complexity index is 993. The van der Waals surface area contributed by atoms with E-state index in [0.717, 1.165) is 27.9 Å². The first-order valence-corrected chi connectivity index (χ1v) is 8.51. The fourth-order valence-corrected chi connectivity index (χ4v) is 3.01. The second kappa shape index (κ2) is 7.37. The first-order valence-electron chi connectivity index (χ1n) is 8.51. The maximum atomic E-state index is 10.4. The average molecular weight is 345 g/mol. The van der Waals surface area contributed by atoms with E-state index in [1.165, 1.54) is 0 Å². The van der Waals surface area contributed by atoms with Gasteiger partial charge in [0.15, 0.2) is 0 Å². The molecule has 1 N–H and O–H groups in total. The highest BCUT2D eigenvalue weighted by Crippen LogP contribution is 2.25. The molecule has 4 aromatic rings. The quantitative estimate of drug-likeness (QED) is 0.581. The SMILES string of the molecule is OC(COc1cccc2ccccc12)Cn1ccnc1-c1ccncc1. The minimum Gasteiger partial charge on any atom is -0.490 e. The van der Waals surface area contributed by atoms with E-state index in [1.54, 1.807) is 18.6 Å². The van der Waals surface area contributed by atoms with Gasteiger partial charge in [-0.25, -0.2) is 4.98 Å². The van der Waals surface area contributed by atoms with Crippen molar-refractivity contribution in [2.24, 2.45) is 0 Å². The lowest BCUT2D eigenvalue weighted by molar-refractivity contribution is 0.0936. The number of ether oxygens (including phenoxy) is 1. The molecular weight excluding hydrogens is 326 g/mol. The number of hydrogen-bond acceptors (Lipinski definition) is 4. The van der Waals surface area contributed by atoms with E-state index in [4.69, 9.17) is 4.74 Å². The maximum absolute atomic E-state index is 10.4. The van der Waals surface area contributed by atoms with Gasteiger partial charge in [-0.3, -0.25) is 4.98 Å². The monoisotopic (exact) mass is 345 g/mol. The van der Waals surface area contributed by atoms with Gasteiger partial charge in [-0.1, -0.05) is 36.4 Å². The summed E-state index contributed by atoms with van der Waals surface area (Å²) in [6.45, 7) is 0.615. The van der Waals surface area contributed by atoms with Gasteiger partial charge in [0.2, 0.25) is 0 Å². The third-order valence-corrected chi connectivity index (χ3v) is 4.24. The molecule has 0 saturated carbocycles. The van der Waals surface area contributed by atoms with Crippen LogP contribution in [0.1, 0.15) is 0 Å². The van der Waals surface area contributed by atoms with Crippen LogP contribution in [0.15, 0.2) is 79.4 Å². The van der Waals surface area contributed by atoms with Crippen LogP contribution in [0.25, 0.3) is 22.2 Å². The zero-order valence-corrected chi connectivity index (χ0v) is 14.2. The lowest BCUT2D eigenvalue weighted by atomic mass is 10.1. The number of imidazole rings is 1. The molecular formula is C21H19N3O2. The van der Waals surface area contributed by atoms with Gasteiger partial charge in [-0.15, -0.1) is 0 Å². The van der Waals surface area contributed by atoms with E-state index in [0.29, 0.717) is 6.54 Å². The van der Waals surface area contributed by atoms with Crippen LogP contribution >= 0.6 is 0 Å². The smallest absolute Gasteiger partial charge is 0.140 e. The summed E-state index contributed by atoms with van der Waals surface area (Å²) in [4.78, 5) is 8.41. The number of hydrogen-bond donors (Lipinski definition) is 1. The molecule has 2 heterocycles. The Hall–Kier alpha value is -3.18. The number of nitrogens with zero attached hydrogens (tertiary/aromatic N) is 3. The first-order chi connectivity index (χ1) is 12.8. The fraction of sp³-hybridized carbons (Fsp3) is 0.143. The predicted molar refractivity (Wildman–Crippen MR) is 101 cm³/mol. The van der Waals surface area contributed by atoms with Crippen LogP contribution < -0.4 is 4.74 Å². The molecule has 2 aromatic heterocycles. The van der Waals surface area contributed by atoms with Gasteiger partial charge in [0, 0.05) is 35.7 Å². The summed E-state index contributed by atoms with van der Waals surface area (Å²) in [6.07, 6.45) is 6.40. The average Bonchev–Trinajstić information content (AvgIpc) is 3.15. The zero-order valence-electron chi connectivity index (χ0n) is 14.2. The Kier molecular flexibility index (Phi) is 4.62. The van der Waals surface area contributed by atoms with Crippen molar-refractivity contribution in [2.75, 3.05) is 6.61 Å². The standard InChI is InChI=1S/C21H19N3O2/c25-18(14-24-13-12-23-21(24)17-8-10-22-11-9-17)15-26-20-7-3-5-16-4-1-2-6-19(16)20/h1-13,18,25H,14-15H2. The van der Waals surface area contributed by atoms with Crippen LogP contribution in [0.3, 0.4) is 0 Å². The topological polar surface area (TPSA) is 60.2 Å². The van der Waals surface area contributed by atoms with Gasteiger partial charge in [0.1, 0.15) is 24.3 Å². The molecule has 0 aliphatic heterocycles. The van der Waals surface area contributed by atoms with E-state index in [2.05, 4.69) is 9.97 Å². The number of aromatic nitrogens is 3. The van der Waals surface area contributed by atoms with E-state index in [-0.39, 0.29) is 6.61 Å². The van der Waals surface area contributed by atoms with Crippen LogP contribution in [-0.4, -0.2) is 32.4 Å². The summed E-state index contributed by atoms with van der Waals surface area (Å²) in [6, 6.07) is 17.8. The molecule has 0 bridgehead atoms. The minimum absolute atomic E-state index is 0.210. The van der Waals surface area contributed by atoms with Crippen LogP contribution in [0.4, 0.5) is 0 Å². The third kappa shape index (κ3) is 3.43. The Morgan fingerprint density at radius 1 is 0.962 bits per heavy atom. The zero-order chi connectivity index (χ0) is 17.8. The Morgan fingerprint density at radius 2 is 1.77 bits per heavy atom. The van der Waals surface area contributed by atoms with Gasteiger partial charge < -0.3 is 14.4 Å². The molecule has 5 nitrogen and oxygen atoms in total. The molecule has 1 unspecified atom stereocenters. The molecule has 5 heteroatoms. The molecule has 0 radical (unpaired) electrons. The second-order valence-electron chi connectivity index (χ2n) is 6.08. The molecule has 26 heavy (non-hydrogen) atoms. The number of pyridine rings is 1. The number of aliphatic hydroxyl groups is 1. The van der Waals surface area contributed by atoms with Gasteiger partial charge in [-0.2, -0.15) is 0 Å². The second-order valence-corrected chi connectivity index (χ2v) is 6.08. The first kappa shape index (κ1) is 16.3. The summed E-state index contributed by atoms with van der Waals surface area (Å²) < 4.78 is 7.80. The molecule has 0 saturated heterocycles.